The quantitative estimate of drug-likeness (QED) is 0.831. The number of carbonyl (C=O) groups is 1. The Labute approximate surface area is 126 Å². The standard InChI is InChI=1S/C11H15ClN2O4S2/c1-11(2,9(15)18-3)7-8(12)19-10(13-7)14-20(16,17)6-4-5-6/h6H,4-5H2,1-3H3,(H,13,14). The van der Waals surface area contributed by atoms with E-state index in [1.807, 2.05) is 0 Å². The van der Waals surface area contributed by atoms with Gasteiger partial charge in [-0.25, -0.2) is 13.4 Å². The lowest BCUT2D eigenvalue weighted by Crippen LogP contribution is -2.31. The van der Waals surface area contributed by atoms with Crippen LogP contribution in [-0.2, 0) is 25.0 Å². The van der Waals surface area contributed by atoms with Gasteiger partial charge in [-0.3, -0.25) is 9.52 Å². The largest absolute Gasteiger partial charge is 0.468 e. The molecule has 0 unspecified atom stereocenters. The molecule has 0 aliphatic heterocycles. The third-order valence-corrected chi connectivity index (χ3v) is 6.19. The number of thiazole rings is 1. The number of esters is 1. The summed E-state index contributed by atoms with van der Waals surface area (Å²) in [6.07, 6.45) is 1.32. The summed E-state index contributed by atoms with van der Waals surface area (Å²) < 4.78 is 31.1. The predicted octanol–water partition coefficient (Wildman–Crippen LogP) is 2.15. The topological polar surface area (TPSA) is 85.4 Å². The Bertz CT molecular complexity index is 635. The number of halogens is 1. The molecule has 0 amide bonds. The fourth-order valence-electron chi connectivity index (χ4n) is 1.67. The van der Waals surface area contributed by atoms with Gasteiger partial charge >= 0.3 is 5.97 Å². The van der Waals surface area contributed by atoms with Crippen molar-refractivity contribution in [1.29, 1.82) is 0 Å². The minimum Gasteiger partial charge on any atom is -0.468 e. The normalized spacial score (nSPS) is 16.0. The highest BCUT2D eigenvalue weighted by atomic mass is 35.5. The maximum absolute atomic E-state index is 11.8. The molecule has 0 aromatic carbocycles. The molecule has 1 saturated carbocycles. The molecule has 1 heterocycles. The zero-order valence-electron chi connectivity index (χ0n) is 11.3. The summed E-state index contributed by atoms with van der Waals surface area (Å²) in [5, 5.41) is -0.170. The van der Waals surface area contributed by atoms with Crippen LogP contribution in [0.25, 0.3) is 0 Å². The molecule has 6 nitrogen and oxygen atoms in total. The molecule has 0 radical (unpaired) electrons. The van der Waals surface area contributed by atoms with Crippen LogP contribution in [0.5, 0.6) is 0 Å². The van der Waals surface area contributed by atoms with Crippen LogP contribution < -0.4 is 4.72 Å². The van der Waals surface area contributed by atoms with Gasteiger partial charge in [-0.15, -0.1) is 0 Å². The van der Waals surface area contributed by atoms with E-state index in [1.165, 1.54) is 7.11 Å². The van der Waals surface area contributed by atoms with Gasteiger partial charge in [0, 0.05) is 0 Å². The monoisotopic (exact) mass is 338 g/mol. The van der Waals surface area contributed by atoms with Crippen LogP contribution in [0.15, 0.2) is 0 Å². The van der Waals surface area contributed by atoms with Crippen LogP contribution in [0, 0.1) is 0 Å². The molecule has 0 saturated heterocycles. The van der Waals surface area contributed by atoms with Crippen molar-refractivity contribution in [2.75, 3.05) is 11.8 Å². The number of hydrogen-bond donors (Lipinski definition) is 1. The van der Waals surface area contributed by atoms with E-state index in [-0.39, 0.29) is 14.7 Å². The maximum Gasteiger partial charge on any atom is 0.317 e. The molecule has 0 bridgehead atoms. The number of aromatic nitrogens is 1. The van der Waals surface area contributed by atoms with E-state index in [4.69, 9.17) is 16.3 Å². The summed E-state index contributed by atoms with van der Waals surface area (Å²) in [7, 11) is -2.11. The molecule has 0 spiro atoms. The van der Waals surface area contributed by atoms with E-state index in [9.17, 15) is 13.2 Å². The zero-order valence-corrected chi connectivity index (χ0v) is 13.7. The average molecular weight is 339 g/mol. The van der Waals surface area contributed by atoms with Gasteiger partial charge < -0.3 is 4.74 Å². The molecule has 1 aliphatic rings. The first-order chi connectivity index (χ1) is 9.18. The van der Waals surface area contributed by atoms with Crippen LogP contribution in [0.4, 0.5) is 5.13 Å². The Hall–Kier alpha value is -0.860. The van der Waals surface area contributed by atoms with Crippen molar-refractivity contribution in [3.05, 3.63) is 10.0 Å². The van der Waals surface area contributed by atoms with Crippen LogP contribution in [0.3, 0.4) is 0 Å². The van der Waals surface area contributed by atoms with Crippen molar-refractivity contribution < 1.29 is 17.9 Å². The molecular weight excluding hydrogens is 324 g/mol. The number of sulfonamides is 1. The SMILES string of the molecule is COC(=O)C(C)(C)c1nc(NS(=O)(=O)C2CC2)sc1Cl. The van der Waals surface area contributed by atoms with Crippen molar-refractivity contribution in [2.45, 2.75) is 37.4 Å². The van der Waals surface area contributed by atoms with Crippen molar-refractivity contribution in [3.8, 4) is 0 Å². The molecule has 0 atom stereocenters. The molecule has 112 valence electrons. The van der Waals surface area contributed by atoms with Crippen LogP contribution >= 0.6 is 22.9 Å². The molecular formula is C11H15ClN2O4S2. The van der Waals surface area contributed by atoms with E-state index in [1.54, 1.807) is 13.8 Å². The highest BCUT2D eigenvalue weighted by Crippen LogP contribution is 2.38. The summed E-state index contributed by atoms with van der Waals surface area (Å²) in [6.45, 7) is 3.25. The van der Waals surface area contributed by atoms with Gasteiger partial charge in [0.05, 0.1) is 18.1 Å². The Morgan fingerprint density at radius 3 is 2.60 bits per heavy atom. The number of nitrogens with one attached hydrogen (secondary N) is 1. The maximum atomic E-state index is 11.8. The minimum absolute atomic E-state index is 0.175. The van der Waals surface area contributed by atoms with E-state index in [2.05, 4.69) is 9.71 Å². The molecule has 9 heteroatoms. The summed E-state index contributed by atoms with van der Waals surface area (Å²) in [6, 6.07) is 0. The molecule has 20 heavy (non-hydrogen) atoms. The van der Waals surface area contributed by atoms with Gasteiger partial charge in [0.15, 0.2) is 5.13 Å². The number of hydrogen-bond acceptors (Lipinski definition) is 6. The Balaban J connectivity index is 2.28. The smallest absolute Gasteiger partial charge is 0.317 e. The van der Waals surface area contributed by atoms with E-state index >= 15 is 0 Å². The van der Waals surface area contributed by atoms with Gasteiger partial charge in [0.1, 0.15) is 9.75 Å². The first-order valence-corrected chi connectivity index (χ1v) is 8.69. The predicted molar refractivity (Wildman–Crippen MR) is 77.7 cm³/mol. The lowest BCUT2D eigenvalue weighted by Gasteiger charge is -2.19. The zero-order chi connectivity index (χ0) is 15.1. The van der Waals surface area contributed by atoms with Crippen molar-refractivity contribution in [3.63, 3.8) is 0 Å². The number of ether oxygens (including phenoxy) is 1. The van der Waals surface area contributed by atoms with Crippen LogP contribution in [-0.4, -0.2) is 31.7 Å². The number of carbonyl (C=O) groups excluding carboxylic acids is 1. The molecule has 1 fully saturated rings. The number of methoxy groups -OCH3 is 1. The van der Waals surface area contributed by atoms with Gasteiger partial charge in [0.25, 0.3) is 0 Å². The second kappa shape index (κ2) is 5.16. The van der Waals surface area contributed by atoms with Crippen LogP contribution in [0.1, 0.15) is 32.4 Å². The molecule has 1 N–H and O–H groups in total. The molecule has 2 rings (SSSR count). The fourth-order valence-corrected chi connectivity index (χ4v) is 4.60. The van der Waals surface area contributed by atoms with E-state index in [0.717, 1.165) is 11.3 Å². The number of anilines is 1. The van der Waals surface area contributed by atoms with Gasteiger partial charge in [-0.05, 0) is 26.7 Å². The Kier molecular flexibility index (Phi) is 4.01. The first-order valence-electron chi connectivity index (χ1n) is 5.95. The van der Waals surface area contributed by atoms with Gasteiger partial charge in [-0.1, -0.05) is 22.9 Å². The van der Waals surface area contributed by atoms with Crippen molar-refractivity contribution >= 4 is 44.1 Å². The summed E-state index contributed by atoms with van der Waals surface area (Å²) >= 11 is 7.07. The average Bonchev–Trinajstić information content (AvgIpc) is 3.13. The van der Waals surface area contributed by atoms with Gasteiger partial charge in [0.2, 0.25) is 10.0 Å². The second-order valence-electron chi connectivity index (χ2n) is 5.10. The first kappa shape index (κ1) is 15.5. The van der Waals surface area contributed by atoms with Crippen molar-refractivity contribution in [1.82, 2.24) is 4.98 Å². The Morgan fingerprint density at radius 1 is 1.50 bits per heavy atom. The highest BCUT2D eigenvalue weighted by Gasteiger charge is 2.39. The fraction of sp³-hybridized carbons (Fsp3) is 0.636. The number of nitrogens with zero attached hydrogens (tertiary/aromatic N) is 1. The summed E-state index contributed by atoms with van der Waals surface area (Å²) in [5.74, 6) is -0.485. The lowest BCUT2D eigenvalue weighted by molar-refractivity contribution is -0.146. The molecule has 1 aromatic heterocycles. The third-order valence-electron chi connectivity index (χ3n) is 3.07. The molecule has 1 aliphatic carbocycles. The minimum atomic E-state index is -3.39. The summed E-state index contributed by atoms with van der Waals surface area (Å²) in [5.41, 5.74) is -0.726. The van der Waals surface area contributed by atoms with E-state index < -0.39 is 21.4 Å². The number of rotatable bonds is 5. The highest BCUT2D eigenvalue weighted by molar-refractivity contribution is 7.93. The second-order valence-corrected chi connectivity index (χ2v) is 8.67. The lowest BCUT2D eigenvalue weighted by atomic mass is 9.90. The van der Waals surface area contributed by atoms with Crippen molar-refractivity contribution in [2.24, 2.45) is 0 Å². The van der Waals surface area contributed by atoms with Gasteiger partial charge in [-0.2, -0.15) is 0 Å². The van der Waals surface area contributed by atoms with E-state index in [0.29, 0.717) is 18.5 Å². The Morgan fingerprint density at radius 2 is 2.10 bits per heavy atom. The molecule has 1 aromatic rings. The third kappa shape index (κ3) is 2.91. The van der Waals surface area contributed by atoms with Crippen LogP contribution in [0.2, 0.25) is 4.34 Å². The summed E-state index contributed by atoms with van der Waals surface area (Å²) in [4.78, 5) is 15.9.